The molecule has 0 aliphatic carbocycles. The largest absolute Gasteiger partial charge is 0.504 e. The normalized spacial score (nSPS) is 10.9. The molecule has 0 fully saturated rings. The molecule has 2 rings (SSSR count). The van der Waals surface area contributed by atoms with Crippen molar-refractivity contribution in [1.29, 1.82) is 0 Å². The van der Waals surface area contributed by atoms with Crippen LogP contribution in [0.4, 0.5) is 0 Å². The summed E-state index contributed by atoms with van der Waals surface area (Å²) in [5.74, 6) is -0.963. The highest BCUT2D eigenvalue weighted by Crippen LogP contribution is 2.23. The number of phenols is 2. The van der Waals surface area contributed by atoms with Crippen LogP contribution < -0.4 is 16.7 Å². The molecule has 0 saturated heterocycles. The first-order valence-corrected chi connectivity index (χ1v) is 7.03. The fraction of sp³-hybridized carbons (Fsp3) is 0.200. The lowest BCUT2D eigenvalue weighted by Crippen LogP contribution is -2.28. The summed E-state index contributed by atoms with van der Waals surface area (Å²) in [5, 5.41) is 22.2. The number of aryl methyl sites for hydroxylation is 1. The van der Waals surface area contributed by atoms with E-state index in [1.807, 2.05) is 0 Å². The summed E-state index contributed by atoms with van der Waals surface area (Å²) in [4.78, 5) is 39.0. The zero-order valence-electron chi connectivity index (χ0n) is 12.8. The number of rotatable bonds is 5. The molecule has 1 heterocycles. The minimum absolute atomic E-state index is 0.00807. The van der Waals surface area contributed by atoms with E-state index in [-0.39, 0.29) is 24.3 Å². The molecule has 1 aromatic heterocycles. The average Bonchev–Trinajstić information content (AvgIpc) is 2.49. The number of carbonyl (C=O) groups is 1. The molecule has 1 amide bonds. The minimum Gasteiger partial charge on any atom is -0.504 e. The van der Waals surface area contributed by atoms with Crippen LogP contribution in [0.15, 0.2) is 32.9 Å². The first-order valence-electron chi connectivity index (χ1n) is 7.03. The van der Waals surface area contributed by atoms with Crippen molar-refractivity contribution in [3.63, 3.8) is 0 Å². The number of hydrogen-bond donors (Lipinski definition) is 5. The first kappa shape index (κ1) is 17.0. The Labute approximate surface area is 135 Å². The van der Waals surface area contributed by atoms with Crippen LogP contribution in [0.25, 0.3) is 0 Å². The van der Waals surface area contributed by atoms with Crippen LogP contribution >= 0.6 is 0 Å². The standard InChI is InChI=1S/C15H16N4O5/c1-8-10(14(23)18-15(24)17-8)3-5-13(22)19-16-7-9-2-4-11(20)12(21)6-9/h2,4,6-7,20-21H,3,5H2,1H3,(H,19,22)(H2,17,18,23,24)/b16-7+. The highest BCUT2D eigenvalue weighted by molar-refractivity contribution is 5.83. The molecule has 0 aliphatic heterocycles. The molecule has 24 heavy (non-hydrogen) atoms. The maximum atomic E-state index is 11.7. The molecule has 9 nitrogen and oxygen atoms in total. The van der Waals surface area contributed by atoms with Gasteiger partial charge in [-0.15, -0.1) is 0 Å². The van der Waals surface area contributed by atoms with Gasteiger partial charge in [-0.25, -0.2) is 10.2 Å². The summed E-state index contributed by atoms with van der Waals surface area (Å²) in [6.45, 7) is 1.58. The van der Waals surface area contributed by atoms with E-state index < -0.39 is 17.2 Å². The van der Waals surface area contributed by atoms with Crippen LogP contribution in [0.2, 0.25) is 0 Å². The van der Waals surface area contributed by atoms with E-state index >= 15 is 0 Å². The highest BCUT2D eigenvalue weighted by atomic mass is 16.3. The Hall–Kier alpha value is -3.36. The lowest BCUT2D eigenvalue weighted by Gasteiger charge is -2.03. The van der Waals surface area contributed by atoms with E-state index in [2.05, 4.69) is 20.5 Å². The van der Waals surface area contributed by atoms with Crippen molar-refractivity contribution < 1.29 is 15.0 Å². The number of phenolic OH excluding ortho intramolecular Hbond substituents is 2. The monoisotopic (exact) mass is 332 g/mol. The van der Waals surface area contributed by atoms with Gasteiger partial charge < -0.3 is 15.2 Å². The van der Waals surface area contributed by atoms with Gasteiger partial charge in [-0.1, -0.05) is 0 Å². The number of amides is 1. The molecule has 1 aromatic carbocycles. The van der Waals surface area contributed by atoms with Crippen LogP contribution in [0, 0.1) is 6.92 Å². The number of benzene rings is 1. The van der Waals surface area contributed by atoms with Gasteiger partial charge in [0.2, 0.25) is 5.91 Å². The molecule has 0 radical (unpaired) electrons. The molecule has 0 atom stereocenters. The second-order valence-corrected chi connectivity index (χ2v) is 5.05. The molecule has 2 aromatic rings. The SMILES string of the molecule is Cc1[nH]c(=O)[nH]c(=O)c1CCC(=O)N/N=C/c1ccc(O)c(O)c1. The Morgan fingerprint density at radius 3 is 2.67 bits per heavy atom. The number of hydrogen-bond acceptors (Lipinski definition) is 6. The van der Waals surface area contributed by atoms with E-state index in [1.54, 1.807) is 6.92 Å². The lowest BCUT2D eigenvalue weighted by atomic mass is 10.1. The van der Waals surface area contributed by atoms with Crippen LogP contribution in [0.3, 0.4) is 0 Å². The van der Waals surface area contributed by atoms with Crippen LogP contribution in [-0.4, -0.2) is 32.3 Å². The van der Waals surface area contributed by atoms with Crippen molar-refractivity contribution in [2.75, 3.05) is 0 Å². The van der Waals surface area contributed by atoms with Gasteiger partial charge >= 0.3 is 5.69 Å². The van der Waals surface area contributed by atoms with Crippen molar-refractivity contribution in [2.45, 2.75) is 19.8 Å². The van der Waals surface area contributed by atoms with E-state index in [0.29, 0.717) is 16.8 Å². The third-order valence-corrected chi connectivity index (χ3v) is 3.26. The van der Waals surface area contributed by atoms with Gasteiger partial charge in [0.15, 0.2) is 11.5 Å². The lowest BCUT2D eigenvalue weighted by molar-refractivity contribution is -0.121. The van der Waals surface area contributed by atoms with Gasteiger partial charge in [-0.3, -0.25) is 14.6 Å². The van der Waals surface area contributed by atoms with Crippen LogP contribution in [0.5, 0.6) is 11.5 Å². The number of H-pyrrole nitrogens is 2. The molecule has 0 aliphatic rings. The molecule has 0 bridgehead atoms. The second-order valence-electron chi connectivity index (χ2n) is 5.05. The van der Waals surface area contributed by atoms with E-state index in [1.165, 1.54) is 24.4 Å². The second kappa shape index (κ2) is 7.27. The van der Waals surface area contributed by atoms with Gasteiger partial charge in [0, 0.05) is 17.7 Å². The fourth-order valence-electron chi connectivity index (χ4n) is 2.02. The summed E-state index contributed by atoms with van der Waals surface area (Å²) in [5.41, 5.74) is 2.41. The van der Waals surface area contributed by atoms with E-state index in [9.17, 15) is 24.6 Å². The van der Waals surface area contributed by atoms with Crippen molar-refractivity contribution in [3.05, 3.63) is 55.9 Å². The number of aromatic nitrogens is 2. The number of hydrazone groups is 1. The quantitative estimate of drug-likeness (QED) is 0.294. The van der Waals surface area contributed by atoms with E-state index in [4.69, 9.17) is 0 Å². The number of carbonyl (C=O) groups excluding carboxylic acids is 1. The van der Waals surface area contributed by atoms with Gasteiger partial charge in [-0.2, -0.15) is 5.10 Å². The number of aromatic amines is 2. The molecule has 126 valence electrons. The number of nitrogens with zero attached hydrogens (tertiary/aromatic N) is 1. The van der Waals surface area contributed by atoms with Crippen LogP contribution in [0.1, 0.15) is 23.2 Å². The van der Waals surface area contributed by atoms with Crippen molar-refractivity contribution in [3.8, 4) is 11.5 Å². The smallest absolute Gasteiger partial charge is 0.325 e. The molecular weight excluding hydrogens is 316 g/mol. The molecule has 5 N–H and O–H groups in total. The van der Waals surface area contributed by atoms with Crippen molar-refractivity contribution in [1.82, 2.24) is 15.4 Å². The molecule has 0 saturated carbocycles. The predicted molar refractivity (Wildman–Crippen MR) is 86.2 cm³/mol. The third-order valence-electron chi connectivity index (χ3n) is 3.26. The summed E-state index contributed by atoms with van der Waals surface area (Å²) < 4.78 is 0. The maximum Gasteiger partial charge on any atom is 0.325 e. The predicted octanol–water partition coefficient (Wildman–Crippen LogP) is -0.134. The zero-order valence-corrected chi connectivity index (χ0v) is 12.8. The maximum absolute atomic E-state index is 11.7. The molecular formula is C15H16N4O5. The van der Waals surface area contributed by atoms with Gasteiger partial charge in [0.1, 0.15) is 0 Å². The topological polar surface area (TPSA) is 148 Å². The summed E-state index contributed by atoms with van der Waals surface area (Å²) >= 11 is 0. The summed E-state index contributed by atoms with van der Waals surface area (Å²) in [6.07, 6.45) is 1.46. The molecule has 0 unspecified atom stereocenters. The third kappa shape index (κ3) is 4.32. The Bertz CT molecular complexity index is 897. The number of aromatic hydroxyl groups is 2. The summed E-state index contributed by atoms with van der Waals surface area (Å²) in [7, 11) is 0. The Balaban J connectivity index is 1.92. The van der Waals surface area contributed by atoms with Crippen LogP contribution in [-0.2, 0) is 11.2 Å². The Morgan fingerprint density at radius 2 is 2.00 bits per heavy atom. The summed E-state index contributed by atoms with van der Waals surface area (Å²) in [6, 6.07) is 4.09. The minimum atomic E-state index is -0.590. The van der Waals surface area contributed by atoms with E-state index in [0.717, 1.165) is 0 Å². The van der Waals surface area contributed by atoms with Crippen molar-refractivity contribution in [2.24, 2.45) is 5.10 Å². The zero-order chi connectivity index (χ0) is 17.7. The molecule has 0 spiro atoms. The average molecular weight is 332 g/mol. The molecule has 9 heteroatoms. The first-order chi connectivity index (χ1) is 11.4. The fourth-order valence-corrected chi connectivity index (χ4v) is 2.02. The van der Waals surface area contributed by atoms with Gasteiger partial charge in [-0.05, 0) is 37.1 Å². The number of nitrogens with one attached hydrogen (secondary N) is 3. The van der Waals surface area contributed by atoms with Crippen molar-refractivity contribution >= 4 is 12.1 Å². The Morgan fingerprint density at radius 1 is 1.25 bits per heavy atom. The Kier molecular flexibility index (Phi) is 5.15. The van der Waals surface area contributed by atoms with Gasteiger partial charge in [0.05, 0.1) is 6.21 Å². The highest BCUT2D eigenvalue weighted by Gasteiger charge is 2.08. The van der Waals surface area contributed by atoms with Gasteiger partial charge in [0.25, 0.3) is 5.56 Å².